The number of fused-ring (bicyclic) bond motifs is 1. The number of rotatable bonds is 4. The number of anilines is 1. The number of thiophene rings is 1. The number of amides is 2. The molecule has 2 rings (SSSR count). The van der Waals surface area contributed by atoms with Crippen LogP contribution in [0.2, 0.25) is 5.02 Å². The SMILES string of the molecule is CN(C)C(=O)CCNC(=O)c1sc2cccc(Cl)c2c1N. The number of halogens is 1. The molecule has 0 saturated heterocycles. The smallest absolute Gasteiger partial charge is 0.263 e. The number of benzene rings is 1. The van der Waals surface area contributed by atoms with Gasteiger partial charge in [-0.15, -0.1) is 11.3 Å². The Morgan fingerprint density at radius 3 is 2.71 bits per heavy atom. The molecule has 1 aromatic carbocycles. The zero-order valence-electron chi connectivity index (χ0n) is 11.8. The van der Waals surface area contributed by atoms with Crippen LogP contribution in [0.5, 0.6) is 0 Å². The molecular weight excluding hydrogens is 310 g/mol. The molecule has 5 nitrogen and oxygen atoms in total. The molecule has 0 saturated carbocycles. The van der Waals surface area contributed by atoms with Gasteiger partial charge < -0.3 is 16.0 Å². The number of carbonyl (C=O) groups is 2. The molecule has 0 aliphatic rings. The van der Waals surface area contributed by atoms with Crippen molar-refractivity contribution in [3.05, 3.63) is 28.1 Å². The molecular formula is C14H16ClN3O2S. The first kappa shape index (κ1) is 15.6. The lowest BCUT2D eigenvalue weighted by molar-refractivity contribution is -0.128. The van der Waals surface area contributed by atoms with Gasteiger partial charge in [-0.2, -0.15) is 0 Å². The molecule has 112 valence electrons. The van der Waals surface area contributed by atoms with Crippen LogP contribution in [0.15, 0.2) is 18.2 Å². The highest BCUT2D eigenvalue weighted by Crippen LogP contribution is 2.37. The van der Waals surface area contributed by atoms with Crippen LogP contribution in [0.25, 0.3) is 10.1 Å². The van der Waals surface area contributed by atoms with E-state index in [-0.39, 0.29) is 24.8 Å². The topological polar surface area (TPSA) is 75.4 Å². The minimum absolute atomic E-state index is 0.0392. The molecule has 2 aromatic rings. The molecule has 21 heavy (non-hydrogen) atoms. The first-order chi connectivity index (χ1) is 9.91. The van der Waals surface area contributed by atoms with Gasteiger partial charge in [-0.3, -0.25) is 9.59 Å². The van der Waals surface area contributed by atoms with E-state index in [4.69, 9.17) is 17.3 Å². The average Bonchev–Trinajstić information content (AvgIpc) is 2.77. The minimum Gasteiger partial charge on any atom is -0.397 e. The Balaban J connectivity index is 2.12. The normalized spacial score (nSPS) is 10.6. The summed E-state index contributed by atoms with van der Waals surface area (Å²) in [5, 5.41) is 3.94. The van der Waals surface area contributed by atoms with Gasteiger partial charge in [0.15, 0.2) is 0 Å². The molecule has 0 unspecified atom stereocenters. The van der Waals surface area contributed by atoms with E-state index >= 15 is 0 Å². The van der Waals surface area contributed by atoms with Crippen LogP contribution in [-0.2, 0) is 4.79 Å². The monoisotopic (exact) mass is 325 g/mol. The maximum atomic E-state index is 12.1. The third-order valence-corrected chi connectivity index (χ3v) is 4.52. The van der Waals surface area contributed by atoms with Gasteiger partial charge in [0, 0.05) is 37.1 Å². The number of nitrogens with one attached hydrogen (secondary N) is 1. The van der Waals surface area contributed by atoms with E-state index < -0.39 is 0 Å². The molecule has 3 N–H and O–H groups in total. The van der Waals surface area contributed by atoms with E-state index in [2.05, 4.69) is 5.32 Å². The first-order valence-corrected chi connectivity index (χ1v) is 7.56. The summed E-state index contributed by atoms with van der Waals surface area (Å²) in [5.41, 5.74) is 6.40. The highest BCUT2D eigenvalue weighted by Gasteiger charge is 2.18. The summed E-state index contributed by atoms with van der Waals surface area (Å²) in [6, 6.07) is 5.43. The van der Waals surface area contributed by atoms with Crippen LogP contribution >= 0.6 is 22.9 Å². The molecule has 0 fully saturated rings. The van der Waals surface area contributed by atoms with Crippen molar-refractivity contribution in [3.8, 4) is 0 Å². The number of hydrogen-bond donors (Lipinski definition) is 2. The maximum Gasteiger partial charge on any atom is 0.263 e. The fraction of sp³-hybridized carbons (Fsp3) is 0.286. The summed E-state index contributed by atoms with van der Waals surface area (Å²) in [6.07, 6.45) is 0.254. The minimum atomic E-state index is -0.281. The van der Waals surface area contributed by atoms with Crippen molar-refractivity contribution in [2.45, 2.75) is 6.42 Å². The molecule has 0 bridgehead atoms. The van der Waals surface area contributed by atoms with Crippen LogP contribution in [0.3, 0.4) is 0 Å². The molecule has 2 amide bonds. The van der Waals surface area contributed by atoms with Crippen LogP contribution in [-0.4, -0.2) is 37.4 Å². The van der Waals surface area contributed by atoms with Crippen LogP contribution in [0.4, 0.5) is 5.69 Å². The second-order valence-electron chi connectivity index (χ2n) is 4.75. The Labute approximate surface area is 131 Å². The van der Waals surface area contributed by atoms with Gasteiger partial charge in [0.05, 0.1) is 10.7 Å². The van der Waals surface area contributed by atoms with Crippen molar-refractivity contribution < 1.29 is 9.59 Å². The zero-order valence-corrected chi connectivity index (χ0v) is 13.3. The molecule has 7 heteroatoms. The summed E-state index contributed by atoms with van der Waals surface area (Å²) < 4.78 is 0.870. The van der Waals surface area contributed by atoms with E-state index in [1.807, 2.05) is 12.1 Å². The molecule has 1 aromatic heterocycles. The van der Waals surface area contributed by atoms with Crippen LogP contribution < -0.4 is 11.1 Å². The third kappa shape index (κ3) is 3.28. The predicted octanol–water partition coefficient (Wildman–Crippen LogP) is 2.34. The number of nitrogens with zero attached hydrogens (tertiary/aromatic N) is 1. The summed E-state index contributed by atoms with van der Waals surface area (Å²) in [5.74, 6) is -0.320. The quantitative estimate of drug-likeness (QED) is 0.906. The molecule has 0 spiro atoms. The van der Waals surface area contributed by atoms with E-state index in [0.717, 1.165) is 4.70 Å². The molecule has 0 radical (unpaired) electrons. The average molecular weight is 326 g/mol. The van der Waals surface area contributed by atoms with Gasteiger partial charge in [-0.05, 0) is 12.1 Å². The maximum absolute atomic E-state index is 12.1. The molecule has 0 aliphatic carbocycles. The van der Waals surface area contributed by atoms with E-state index in [1.54, 1.807) is 20.2 Å². The van der Waals surface area contributed by atoms with Crippen molar-refractivity contribution in [1.29, 1.82) is 0 Å². The Kier molecular flexibility index (Phi) is 4.69. The van der Waals surface area contributed by atoms with Gasteiger partial charge in [-0.1, -0.05) is 17.7 Å². The number of carbonyl (C=O) groups excluding carboxylic acids is 2. The number of nitrogen functional groups attached to an aromatic ring is 1. The van der Waals surface area contributed by atoms with E-state index in [1.165, 1.54) is 16.2 Å². The lowest BCUT2D eigenvalue weighted by Gasteiger charge is -2.10. The number of hydrogen-bond acceptors (Lipinski definition) is 4. The Bertz CT molecular complexity index is 697. The summed E-state index contributed by atoms with van der Waals surface area (Å²) in [4.78, 5) is 25.5. The Morgan fingerprint density at radius 2 is 2.10 bits per heavy atom. The van der Waals surface area contributed by atoms with Gasteiger partial charge in [0.25, 0.3) is 5.91 Å². The van der Waals surface area contributed by atoms with Crippen molar-refractivity contribution in [2.75, 3.05) is 26.4 Å². The fourth-order valence-electron chi connectivity index (χ4n) is 1.88. The second-order valence-corrected chi connectivity index (χ2v) is 6.21. The zero-order chi connectivity index (χ0) is 15.6. The standard InChI is InChI=1S/C14H16ClN3O2S/c1-18(2)10(19)6-7-17-14(20)13-12(16)11-8(15)4-3-5-9(11)21-13/h3-5H,6-7,16H2,1-2H3,(H,17,20). The predicted molar refractivity (Wildman–Crippen MR) is 86.9 cm³/mol. The van der Waals surface area contributed by atoms with Gasteiger partial charge in [0.1, 0.15) is 4.88 Å². The summed E-state index contributed by atoms with van der Waals surface area (Å²) >= 11 is 7.40. The fourth-order valence-corrected chi connectivity index (χ4v) is 3.28. The molecule has 0 aliphatic heterocycles. The largest absolute Gasteiger partial charge is 0.397 e. The lowest BCUT2D eigenvalue weighted by atomic mass is 10.2. The Hall–Kier alpha value is -1.79. The van der Waals surface area contributed by atoms with Crippen molar-refractivity contribution in [1.82, 2.24) is 10.2 Å². The first-order valence-electron chi connectivity index (χ1n) is 6.36. The van der Waals surface area contributed by atoms with Crippen molar-refractivity contribution in [2.24, 2.45) is 0 Å². The van der Waals surface area contributed by atoms with Crippen LogP contribution in [0, 0.1) is 0 Å². The summed E-state index contributed by atoms with van der Waals surface area (Å²) in [6.45, 7) is 0.275. The third-order valence-electron chi connectivity index (χ3n) is 3.03. The molecule has 0 atom stereocenters. The van der Waals surface area contributed by atoms with Gasteiger partial charge >= 0.3 is 0 Å². The van der Waals surface area contributed by atoms with Crippen LogP contribution in [0.1, 0.15) is 16.1 Å². The van der Waals surface area contributed by atoms with Gasteiger partial charge in [-0.25, -0.2) is 0 Å². The van der Waals surface area contributed by atoms with Crippen molar-refractivity contribution >= 4 is 50.5 Å². The highest BCUT2D eigenvalue weighted by atomic mass is 35.5. The lowest BCUT2D eigenvalue weighted by Crippen LogP contribution is -2.30. The summed E-state index contributed by atoms with van der Waals surface area (Å²) in [7, 11) is 3.35. The highest BCUT2D eigenvalue weighted by molar-refractivity contribution is 7.21. The second kappa shape index (κ2) is 6.32. The molecule has 1 heterocycles. The Morgan fingerprint density at radius 1 is 1.38 bits per heavy atom. The number of nitrogens with two attached hydrogens (primary N) is 1. The van der Waals surface area contributed by atoms with E-state index in [9.17, 15) is 9.59 Å². The van der Waals surface area contributed by atoms with Gasteiger partial charge in [0.2, 0.25) is 5.91 Å². The van der Waals surface area contributed by atoms with E-state index in [0.29, 0.717) is 21.0 Å². The van der Waals surface area contributed by atoms with Crippen molar-refractivity contribution in [3.63, 3.8) is 0 Å².